The van der Waals surface area contributed by atoms with Crippen molar-refractivity contribution in [2.75, 3.05) is 13.3 Å². The van der Waals surface area contributed by atoms with Crippen LogP contribution in [0.25, 0.3) is 0 Å². The van der Waals surface area contributed by atoms with E-state index >= 15 is 0 Å². The fourth-order valence-corrected chi connectivity index (χ4v) is 2.57. The topological polar surface area (TPSA) is 50.4 Å². The maximum absolute atomic E-state index is 13.1. The zero-order valence-corrected chi connectivity index (χ0v) is 13.1. The molecule has 0 saturated carbocycles. The van der Waals surface area contributed by atoms with Gasteiger partial charge in [0.15, 0.2) is 5.11 Å². The van der Waals surface area contributed by atoms with E-state index in [1.165, 1.54) is 0 Å². The summed E-state index contributed by atoms with van der Waals surface area (Å²) in [6.45, 7) is 0.689. The summed E-state index contributed by atoms with van der Waals surface area (Å²) in [5, 5.41) is 5.60. The number of thiocarbonyl (C=S) groups is 1. The Morgan fingerprint density at radius 1 is 1.30 bits per heavy atom. The standard InChI is InChI=1S/C15H15F3N2O2S/c1-8-13(12(7-16)20-15(23)19-8)14(21)22-3-2-9-4-10(17)6-11(18)5-9/h4-6,12H,2-3,7H2,1H3,(H2,19,20,23). The van der Waals surface area contributed by atoms with Crippen LogP contribution in [0.3, 0.4) is 0 Å². The smallest absolute Gasteiger partial charge is 0.337 e. The molecule has 8 heteroatoms. The molecule has 2 rings (SSSR count). The van der Waals surface area contributed by atoms with E-state index in [1.54, 1.807) is 6.92 Å². The van der Waals surface area contributed by atoms with Gasteiger partial charge < -0.3 is 15.4 Å². The molecule has 0 amide bonds. The highest BCUT2D eigenvalue weighted by molar-refractivity contribution is 7.80. The Kier molecular flexibility index (Phi) is 5.59. The fraction of sp³-hybridized carbons (Fsp3) is 0.333. The van der Waals surface area contributed by atoms with E-state index in [-0.39, 0.29) is 23.7 Å². The van der Waals surface area contributed by atoms with Gasteiger partial charge in [-0.15, -0.1) is 0 Å². The Morgan fingerprint density at radius 3 is 2.57 bits per heavy atom. The third kappa shape index (κ3) is 4.44. The number of nitrogens with one attached hydrogen (secondary N) is 2. The molecule has 2 N–H and O–H groups in total. The molecule has 1 aromatic carbocycles. The quantitative estimate of drug-likeness (QED) is 0.633. The Bertz CT molecular complexity index is 644. The minimum Gasteiger partial charge on any atom is -0.462 e. The van der Waals surface area contributed by atoms with Gasteiger partial charge in [0.25, 0.3) is 0 Å². The van der Waals surface area contributed by atoms with Gasteiger partial charge in [-0.1, -0.05) is 0 Å². The molecule has 0 spiro atoms. The Labute approximate surface area is 136 Å². The SMILES string of the molecule is CC1=C(C(=O)OCCc2cc(F)cc(F)c2)C(CF)NC(=S)N1. The molecule has 1 atom stereocenters. The molecule has 124 valence electrons. The van der Waals surface area contributed by atoms with Crippen molar-refractivity contribution >= 4 is 23.3 Å². The first-order valence-corrected chi connectivity index (χ1v) is 7.28. The number of benzene rings is 1. The Hall–Kier alpha value is -2.09. The van der Waals surface area contributed by atoms with Crippen molar-refractivity contribution in [1.82, 2.24) is 10.6 Å². The summed E-state index contributed by atoms with van der Waals surface area (Å²) in [5.74, 6) is -2.10. The van der Waals surface area contributed by atoms with Crippen molar-refractivity contribution in [1.29, 1.82) is 0 Å². The summed E-state index contributed by atoms with van der Waals surface area (Å²) >= 11 is 4.90. The highest BCUT2D eigenvalue weighted by Gasteiger charge is 2.29. The zero-order valence-electron chi connectivity index (χ0n) is 12.3. The van der Waals surface area contributed by atoms with Gasteiger partial charge in [-0.3, -0.25) is 0 Å². The van der Waals surface area contributed by atoms with Crippen LogP contribution in [0.15, 0.2) is 29.5 Å². The molecule has 23 heavy (non-hydrogen) atoms. The Balaban J connectivity index is 1.98. The third-order valence-corrected chi connectivity index (χ3v) is 3.50. The van der Waals surface area contributed by atoms with Gasteiger partial charge in [0.05, 0.1) is 18.2 Å². The van der Waals surface area contributed by atoms with Crippen molar-refractivity contribution in [3.8, 4) is 0 Å². The normalized spacial score (nSPS) is 17.6. The second-order valence-electron chi connectivity index (χ2n) is 5.01. The van der Waals surface area contributed by atoms with Gasteiger partial charge in [0, 0.05) is 18.2 Å². The number of carbonyl (C=O) groups is 1. The van der Waals surface area contributed by atoms with Gasteiger partial charge in [-0.2, -0.15) is 0 Å². The molecule has 0 radical (unpaired) electrons. The number of hydrogen-bond donors (Lipinski definition) is 2. The second kappa shape index (κ2) is 7.45. The molecule has 0 fully saturated rings. The molecule has 1 heterocycles. The molecule has 0 saturated heterocycles. The highest BCUT2D eigenvalue weighted by atomic mass is 32.1. The Morgan fingerprint density at radius 2 is 1.96 bits per heavy atom. The van der Waals surface area contributed by atoms with Crippen molar-refractivity contribution in [3.05, 3.63) is 46.7 Å². The van der Waals surface area contributed by atoms with Crippen LogP contribution in [0.5, 0.6) is 0 Å². The zero-order chi connectivity index (χ0) is 17.0. The van der Waals surface area contributed by atoms with Crippen molar-refractivity contribution in [3.63, 3.8) is 0 Å². The summed E-state index contributed by atoms with van der Waals surface area (Å²) in [7, 11) is 0. The first-order chi connectivity index (χ1) is 10.9. The third-order valence-electron chi connectivity index (χ3n) is 3.28. The van der Waals surface area contributed by atoms with E-state index < -0.39 is 30.3 Å². The van der Waals surface area contributed by atoms with Gasteiger partial charge >= 0.3 is 5.97 Å². The largest absolute Gasteiger partial charge is 0.462 e. The predicted octanol–water partition coefficient (Wildman–Crippen LogP) is 2.14. The summed E-state index contributed by atoms with van der Waals surface area (Å²) < 4.78 is 44.2. The molecule has 1 aliphatic rings. The van der Waals surface area contributed by atoms with E-state index in [2.05, 4.69) is 10.6 Å². The van der Waals surface area contributed by atoms with Gasteiger partial charge in [-0.25, -0.2) is 18.0 Å². The number of allylic oxidation sites excluding steroid dienone is 1. The van der Waals surface area contributed by atoms with E-state index in [4.69, 9.17) is 17.0 Å². The number of hydrogen-bond acceptors (Lipinski definition) is 3. The second-order valence-corrected chi connectivity index (χ2v) is 5.42. The number of halogens is 3. The van der Waals surface area contributed by atoms with Crippen LogP contribution in [-0.2, 0) is 16.0 Å². The summed E-state index contributed by atoms with van der Waals surface area (Å²) in [5.41, 5.74) is 0.897. The molecule has 0 aromatic heterocycles. The van der Waals surface area contributed by atoms with Crippen LogP contribution < -0.4 is 10.6 Å². The van der Waals surface area contributed by atoms with E-state index in [1.807, 2.05) is 0 Å². The molecular formula is C15H15F3N2O2S. The lowest BCUT2D eigenvalue weighted by Crippen LogP contribution is -2.50. The first kappa shape index (κ1) is 17.3. The number of esters is 1. The maximum Gasteiger partial charge on any atom is 0.337 e. The van der Waals surface area contributed by atoms with E-state index in [0.29, 0.717) is 11.3 Å². The van der Waals surface area contributed by atoms with Crippen molar-refractivity contribution in [2.24, 2.45) is 0 Å². The van der Waals surface area contributed by atoms with Crippen LogP contribution in [0, 0.1) is 11.6 Å². The number of alkyl halides is 1. The lowest BCUT2D eigenvalue weighted by Gasteiger charge is -2.27. The van der Waals surface area contributed by atoms with Crippen LogP contribution >= 0.6 is 12.2 Å². The monoisotopic (exact) mass is 344 g/mol. The van der Waals surface area contributed by atoms with Gasteiger partial charge in [-0.05, 0) is 36.8 Å². The van der Waals surface area contributed by atoms with Crippen LogP contribution in [0.2, 0.25) is 0 Å². The number of rotatable bonds is 5. The van der Waals surface area contributed by atoms with E-state index in [9.17, 15) is 18.0 Å². The molecular weight excluding hydrogens is 329 g/mol. The lowest BCUT2D eigenvalue weighted by molar-refractivity contribution is -0.139. The lowest BCUT2D eigenvalue weighted by atomic mass is 10.0. The molecule has 0 aliphatic carbocycles. The van der Waals surface area contributed by atoms with Crippen molar-refractivity contribution < 1.29 is 22.7 Å². The highest BCUT2D eigenvalue weighted by Crippen LogP contribution is 2.15. The minimum atomic E-state index is -0.872. The fourth-order valence-electron chi connectivity index (χ4n) is 2.27. The van der Waals surface area contributed by atoms with Gasteiger partial charge in [0.2, 0.25) is 0 Å². The molecule has 4 nitrogen and oxygen atoms in total. The molecule has 1 unspecified atom stereocenters. The van der Waals surface area contributed by atoms with E-state index in [0.717, 1.165) is 18.2 Å². The summed E-state index contributed by atoms with van der Waals surface area (Å²) in [6, 6.07) is 2.21. The van der Waals surface area contributed by atoms with Crippen LogP contribution in [-0.4, -0.2) is 30.4 Å². The minimum absolute atomic E-state index is 0.0814. The molecule has 1 aliphatic heterocycles. The summed E-state index contributed by atoms with van der Waals surface area (Å²) in [6.07, 6.45) is 0.145. The van der Waals surface area contributed by atoms with Crippen LogP contribution in [0.4, 0.5) is 13.2 Å². The molecule has 0 bridgehead atoms. The average Bonchev–Trinajstić information content (AvgIpc) is 2.45. The maximum atomic E-state index is 13.1. The first-order valence-electron chi connectivity index (χ1n) is 6.87. The number of carbonyl (C=O) groups excluding carboxylic acids is 1. The average molecular weight is 344 g/mol. The van der Waals surface area contributed by atoms with Crippen LogP contribution in [0.1, 0.15) is 12.5 Å². The number of ether oxygens (including phenoxy) is 1. The predicted molar refractivity (Wildman–Crippen MR) is 82.4 cm³/mol. The summed E-state index contributed by atoms with van der Waals surface area (Å²) in [4.78, 5) is 12.1. The molecule has 1 aromatic rings. The van der Waals surface area contributed by atoms with Crippen molar-refractivity contribution in [2.45, 2.75) is 19.4 Å². The van der Waals surface area contributed by atoms with Gasteiger partial charge in [0.1, 0.15) is 18.3 Å².